The van der Waals surface area contributed by atoms with Crippen LogP contribution in [0.25, 0.3) is 10.8 Å². The standard InChI is InChI=1S/C11H8F2O3S/c12-11(13,17(14,15)16)10-7-3-5-8-4-1-2-6-9(8)10/h1-7H,(H,14,15,16)/p-1. The van der Waals surface area contributed by atoms with Crippen molar-refractivity contribution in [3.05, 3.63) is 48.0 Å². The van der Waals surface area contributed by atoms with Crippen molar-refractivity contribution in [1.29, 1.82) is 0 Å². The maximum absolute atomic E-state index is 13.5. The molecule has 17 heavy (non-hydrogen) atoms. The summed E-state index contributed by atoms with van der Waals surface area (Å²) in [7, 11) is -5.73. The number of alkyl halides is 2. The largest absolute Gasteiger partial charge is 0.743 e. The molecule has 6 heteroatoms. The molecule has 0 aliphatic heterocycles. The molecule has 0 aromatic heterocycles. The lowest BCUT2D eigenvalue weighted by Gasteiger charge is -2.21. The van der Waals surface area contributed by atoms with Crippen molar-refractivity contribution in [1.82, 2.24) is 0 Å². The Labute approximate surface area is 96.4 Å². The molecule has 0 fully saturated rings. The number of hydrogen-bond acceptors (Lipinski definition) is 3. The lowest BCUT2D eigenvalue weighted by atomic mass is 10.1. The molecule has 0 saturated carbocycles. The molecule has 0 aliphatic rings. The first-order chi connectivity index (χ1) is 7.84. The second kappa shape index (κ2) is 3.75. The van der Waals surface area contributed by atoms with Gasteiger partial charge in [-0.05, 0) is 10.8 Å². The van der Waals surface area contributed by atoms with Gasteiger partial charge in [0.05, 0.1) is 0 Å². The second-order valence-electron chi connectivity index (χ2n) is 3.50. The molecule has 0 spiro atoms. The smallest absolute Gasteiger partial charge is 0.360 e. The van der Waals surface area contributed by atoms with E-state index in [-0.39, 0.29) is 5.39 Å². The van der Waals surface area contributed by atoms with Gasteiger partial charge in [-0.15, -0.1) is 0 Å². The van der Waals surface area contributed by atoms with Crippen LogP contribution in [0.15, 0.2) is 42.5 Å². The summed E-state index contributed by atoms with van der Waals surface area (Å²) in [6.07, 6.45) is 0. The van der Waals surface area contributed by atoms with E-state index in [9.17, 15) is 21.8 Å². The molecule has 0 N–H and O–H groups in total. The van der Waals surface area contributed by atoms with Gasteiger partial charge in [-0.3, -0.25) is 0 Å². The van der Waals surface area contributed by atoms with Gasteiger partial charge in [-0.1, -0.05) is 42.5 Å². The van der Waals surface area contributed by atoms with Gasteiger partial charge in [0.2, 0.25) is 0 Å². The van der Waals surface area contributed by atoms with Crippen LogP contribution in [0.5, 0.6) is 0 Å². The van der Waals surface area contributed by atoms with Crippen molar-refractivity contribution >= 4 is 20.9 Å². The Kier molecular flexibility index (Phi) is 2.63. The van der Waals surface area contributed by atoms with Crippen LogP contribution in [0.2, 0.25) is 0 Å². The lowest BCUT2D eigenvalue weighted by molar-refractivity contribution is 0.0792. The molecule has 0 amide bonds. The zero-order valence-electron chi connectivity index (χ0n) is 8.43. The quantitative estimate of drug-likeness (QED) is 0.776. The van der Waals surface area contributed by atoms with E-state index >= 15 is 0 Å². The van der Waals surface area contributed by atoms with Crippen LogP contribution in [0.1, 0.15) is 5.56 Å². The highest BCUT2D eigenvalue weighted by Gasteiger charge is 2.40. The average molecular weight is 257 g/mol. The Bertz CT molecular complexity index is 660. The Morgan fingerprint density at radius 2 is 1.59 bits per heavy atom. The highest BCUT2D eigenvalue weighted by atomic mass is 32.2. The molecule has 0 aliphatic carbocycles. The van der Waals surface area contributed by atoms with E-state index < -0.39 is 20.9 Å². The first kappa shape index (κ1) is 11.9. The third-order valence-corrected chi connectivity index (χ3v) is 3.27. The minimum absolute atomic E-state index is 0.0550. The zero-order chi connectivity index (χ0) is 12.7. The van der Waals surface area contributed by atoms with E-state index in [0.717, 1.165) is 6.07 Å². The molecule has 0 heterocycles. The van der Waals surface area contributed by atoms with Crippen molar-refractivity contribution in [2.24, 2.45) is 0 Å². The number of rotatable bonds is 2. The summed E-state index contributed by atoms with van der Waals surface area (Å²) in [4.78, 5) is 0. The summed E-state index contributed by atoms with van der Waals surface area (Å²) in [5.41, 5.74) is -0.786. The number of halogens is 2. The van der Waals surface area contributed by atoms with Crippen LogP contribution >= 0.6 is 0 Å². The summed E-state index contributed by atoms with van der Waals surface area (Å²) < 4.78 is 58.8. The molecule has 0 unspecified atom stereocenters. The van der Waals surface area contributed by atoms with Crippen LogP contribution < -0.4 is 0 Å². The van der Waals surface area contributed by atoms with E-state index in [1.165, 1.54) is 18.2 Å². The Hall–Kier alpha value is -1.53. The van der Waals surface area contributed by atoms with Crippen LogP contribution in [0.3, 0.4) is 0 Å². The normalized spacial score (nSPS) is 12.9. The molecule has 2 rings (SSSR count). The van der Waals surface area contributed by atoms with Crippen LogP contribution in [0, 0.1) is 0 Å². The second-order valence-corrected chi connectivity index (χ2v) is 4.92. The predicted molar refractivity (Wildman–Crippen MR) is 57.5 cm³/mol. The Morgan fingerprint density at radius 3 is 2.24 bits per heavy atom. The SMILES string of the molecule is O=S(=O)([O-])C(F)(F)c1cccc2ccccc12. The predicted octanol–water partition coefficient (Wildman–Crippen LogP) is 2.43. The van der Waals surface area contributed by atoms with E-state index in [1.807, 2.05) is 0 Å². The summed E-state index contributed by atoms with van der Waals surface area (Å²) in [5.74, 6) is 0. The fourth-order valence-electron chi connectivity index (χ4n) is 1.61. The fourth-order valence-corrected chi connectivity index (χ4v) is 2.06. The Balaban J connectivity index is 2.81. The van der Waals surface area contributed by atoms with E-state index in [0.29, 0.717) is 5.39 Å². The molecular weight excluding hydrogens is 250 g/mol. The first-order valence-corrected chi connectivity index (χ1v) is 6.06. The summed E-state index contributed by atoms with van der Waals surface area (Å²) in [5, 5.41) is -3.92. The van der Waals surface area contributed by atoms with Gasteiger partial charge in [-0.2, -0.15) is 8.78 Å². The number of fused-ring (bicyclic) bond motifs is 1. The number of hydrogen-bond donors (Lipinski definition) is 0. The monoisotopic (exact) mass is 257 g/mol. The Morgan fingerprint density at radius 1 is 1.00 bits per heavy atom. The fraction of sp³-hybridized carbons (Fsp3) is 0.0909. The zero-order valence-corrected chi connectivity index (χ0v) is 9.25. The van der Waals surface area contributed by atoms with E-state index in [2.05, 4.69) is 0 Å². The molecule has 0 atom stereocenters. The van der Waals surface area contributed by atoms with Crippen molar-refractivity contribution < 1.29 is 21.8 Å². The molecular formula is C11H7F2O3S-. The van der Waals surface area contributed by atoms with Crippen molar-refractivity contribution in [2.45, 2.75) is 5.25 Å². The average Bonchev–Trinajstić information content (AvgIpc) is 2.26. The summed E-state index contributed by atoms with van der Waals surface area (Å²) >= 11 is 0. The minimum Gasteiger partial charge on any atom is -0.743 e. The van der Waals surface area contributed by atoms with Gasteiger partial charge in [0.15, 0.2) is 10.1 Å². The first-order valence-electron chi connectivity index (χ1n) is 4.65. The minimum atomic E-state index is -5.73. The molecule has 90 valence electrons. The highest BCUT2D eigenvalue weighted by Crippen LogP contribution is 2.37. The molecule has 0 radical (unpaired) electrons. The van der Waals surface area contributed by atoms with Gasteiger partial charge in [0.1, 0.15) is 0 Å². The van der Waals surface area contributed by atoms with Crippen molar-refractivity contribution in [3.63, 3.8) is 0 Å². The molecule has 3 nitrogen and oxygen atoms in total. The molecule has 0 bridgehead atoms. The lowest BCUT2D eigenvalue weighted by Crippen LogP contribution is -2.25. The maximum Gasteiger partial charge on any atom is 0.360 e. The third kappa shape index (κ3) is 1.89. The summed E-state index contributed by atoms with van der Waals surface area (Å²) in [6.45, 7) is 0. The van der Waals surface area contributed by atoms with Crippen LogP contribution in [0.4, 0.5) is 8.78 Å². The van der Waals surface area contributed by atoms with E-state index in [4.69, 9.17) is 0 Å². The topological polar surface area (TPSA) is 57.2 Å². The highest BCUT2D eigenvalue weighted by molar-refractivity contribution is 7.86. The van der Waals surface area contributed by atoms with Gasteiger partial charge in [0, 0.05) is 5.56 Å². The summed E-state index contributed by atoms with van der Waals surface area (Å²) in [6, 6.07) is 9.84. The van der Waals surface area contributed by atoms with E-state index in [1.54, 1.807) is 18.2 Å². The number of benzene rings is 2. The van der Waals surface area contributed by atoms with Crippen molar-refractivity contribution in [2.75, 3.05) is 0 Å². The van der Waals surface area contributed by atoms with Gasteiger partial charge in [0.25, 0.3) is 0 Å². The van der Waals surface area contributed by atoms with Crippen LogP contribution in [-0.4, -0.2) is 13.0 Å². The maximum atomic E-state index is 13.5. The van der Waals surface area contributed by atoms with Gasteiger partial charge >= 0.3 is 5.25 Å². The molecule has 2 aromatic rings. The molecule has 2 aromatic carbocycles. The third-order valence-electron chi connectivity index (χ3n) is 2.42. The van der Waals surface area contributed by atoms with Gasteiger partial charge in [-0.25, -0.2) is 8.42 Å². The van der Waals surface area contributed by atoms with Crippen molar-refractivity contribution in [3.8, 4) is 0 Å². The van der Waals surface area contributed by atoms with Gasteiger partial charge < -0.3 is 4.55 Å². The van der Waals surface area contributed by atoms with Crippen LogP contribution in [-0.2, 0) is 15.4 Å². The molecule has 0 saturated heterocycles.